The van der Waals surface area contributed by atoms with Gasteiger partial charge in [-0.1, -0.05) is 25.7 Å². The van der Waals surface area contributed by atoms with E-state index in [4.69, 9.17) is 4.74 Å². The van der Waals surface area contributed by atoms with Gasteiger partial charge in [-0.2, -0.15) is 0 Å². The Hall–Kier alpha value is -1.46. The summed E-state index contributed by atoms with van der Waals surface area (Å²) in [6.45, 7) is 6.50. The molecule has 1 N–H and O–H groups in total. The summed E-state index contributed by atoms with van der Waals surface area (Å²) in [6, 6.07) is 7.56. The number of aliphatic hydroxyl groups is 1. The number of hydrogen-bond acceptors (Lipinski definition) is 2. The quantitative estimate of drug-likeness (QED) is 0.790. The fourth-order valence-corrected chi connectivity index (χ4v) is 1.13. The first-order valence-electron chi connectivity index (χ1n) is 5.56. The van der Waals surface area contributed by atoms with Gasteiger partial charge >= 0.3 is 0 Å². The highest BCUT2D eigenvalue weighted by Crippen LogP contribution is 2.11. The Kier molecular flexibility index (Phi) is 4.88. The van der Waals surface area contributed by atoms with Crippen LogP contribution >= 0.6 is 0 Å². The van der Waals surface area contributed by atoms with Gasteiger partial charge in [0, 0.05) is 5.56 Å². The summed E-state index contributed by atoms with van der Waals surface area (Å²) >= 11 is 0. The van der Waals surface area contributed by atoms with E-state index < -0.39 is 6.10 Å². The summed E-state index contributed by atoms with van der Waals surface area (Å²) in [5.41, 5.74) is 0.892. The van der Waals surface area contributed by atoms with Crippen molar-refractivity contribution in [2.24, 2.45) is 5.92 Å². The summed E-state index contributed by atoms with van der Waals surface area (Å²) in [4.78, 5) is 0. The van der Waals surface area contributed by atoms with E-state index in [0.29, 0.717) is 6.61 Å². The van der Waals surface area contributed by atoms with Crippen molar-refractivity contribution in [1.29, 1.82) is 0 Å². The Labute approximate surface area is 97.3 Å². The van der Waals surface area contributed by atoms with Gasteiger partial charge in [0.05, 0.1) is 6.61 Å². The molecule has 0 aliphatic heterocycles. The lowest BCUT2D eigenvalue weighted by atomic mass is 10.1. The first-order valence-corrected chi connectivity index (χ1v) is 5.56. The van der Waals surface area contributed by atoms with Gasteiger partial charge in [-0.3, -0.25) is 0 Å². The SMILES string of the molecule is CCOc1ccc(C#CC(O)C(C)C)cc1. The van der Waals surface area contributed by atoms with Crippen molar-refractivity contribution in [3.05, 3.63) is 29.8 Å². The highest BCUT2D eigenvalue weighted by atomic mass is 16.5. The second-order valence-electron chi connectivity index (χ2n) is 3.92. The monoisotopic (exact) mass is 218 g/mol. The van der Waals surface area contributed by atoms with Gasteiger partial charge in [-0.25, -0.2) is 0 Å². The average Bonchev–Trinajstić information content (AvgIpc) is 2.28. The fourth-order valence-electron chi connectivity index (χ4n) is 1.13. The lowest BCUT2D eigenvalue weighted by molar-refractivity contribution is 0.181. The number of rotatable bonds is 3. The first kappa shape index (κ1) is 12.6. The zero-order valence-electron chi connectivity index (χ0n) is 10.0. The van der Waals surface area contributed by atoms with E-state index in [-0.39, 0.29) is 5.92 Å². The molecule has 1 aromatic rings. The highest BCUT2D eigenvalue weighted by Gasteiger charge is 2.03. The van der Waals surface area contributed by atoms with Crippen LogP contribution in [0.2, 0.25) is 0 Å². The predicted molar refractivity (Wildman–Crippen MR) is 65.3 cm³/mol. The third-order valence-corrected chi connectivity index (χ3v) is 2.16. The van der Waals surface area contributed by atoms with Crippen molar-refractivity contribution >= 4 is 0 Å². The van der Waals surface area contributed by atoms with Crippen LogP contribution in [-0.2, 0) is 0 Å². The molecule has 0 saturated heterocycles. The van der Waals surface area contributed by atoms with E-state index in [0.717, 1.165) is 11.3 Å². The van der Waals surface area contributed by atoms with Crippen molar-refractivity contribution in [2.45, 2.75) is 26.9 Å². The molecule has 2 heteroatoms. The zero-order valence-corrected chi connectivity index (χ0v) is 10.0. The van der Waals surface area contributed by atoms with E-state index >= 15 is 0 Å². The highest BCUT2D eigenvalue weighted by molar-refractivity contribution is 5.38. The van der Waals surface area contributed by atoms with Crippen molar-refractivity contribution in [3.63, 3.8) is 0 Å². The fraction of sp³-hybridized carbons (Fsp3) is 0.429. The molecule has 0 aliphatic carbocycles. The minimum atomic E-state index is -0.563. The van der Waals surface area contributed by atoms with Crippen LogP contribution in [0.5, 0.6) is 5.75 Å². The van der Waals surface area contributed by atoms with E-state index in [2.05, 4.69) is 11.8 Å². The molecule has 0 radical (unpaired) electrons. The molecular formula is C14H18O2. The molecule has 0 fully saturated rings. The van der Waals surface area contributed by atoms with Crippen LogP contribution in [0, 0.1) is 17.8 Å². The minimum Gasteiger partial charge on any atom is -0.494 e. The standard InChI is InChI=1S/C14H18O2/c1-4-16-13-8-5-12(6-9-13)7-10-14(15)11(2)3/h5-6,8-9,11,14-15H,4H2,1-3H3. The van der Waals surface area contributed by atoms with Crippen LogP contribution in [0.15, 0.2) is 24.3 Å². The molecule has 1 aromatic carbocycles. The largest absolute Gasteiger partial charge is 0.494 e. The normalized spacial score (nSPS) is 11.8. The van der Waals surface area contributed by atoms with Gasteiger partial charge < -0.3 is 9.84 Å². The van der Waals surface area contributed by atoms with Crippen LogP contribution in [0.4, 0.5) is 0 Å². The van der Waals surface area contributed by atoms with Gasteiger partial charge in [-0.15, -0.1) is 0 Å². The van der Waals surface area contributed by atoms with Crippen LogP contribution in [0.3, 0.4) is 0 Å². The smallest absolute Gasteiger partial charge is 0.119 e. The van der Waals surface area contributed by atoms with Gasteiger partial charge in [0.2, 0.25) is 0 Å². The van der Waals surface area contributed by atoms with Gasteiger partial charge in [0.1, 0.15) is 11.9 Å². The van der Waals surface area contributed by atoms with Gasteiger partial charge in [0.25, 0.3) is 0 Å². The van der Waals surface area contributed by atoms with Crippen LogP contribution in [-0.4, -0.2) is 17.8 Å². The lowest BCUT2D eigenvalue weighted by Crippen LogP contribution is -2.11. The van der Waals surface area contributed by atoms with Crippen molar-refractivity contribution in [1.82, 2.24) is 0 Å². The van der Waals surface area contributed by atoms with Crippen LogP contribution in [0.1, 0.15) is 26.3 Å². The summed E-state index contributed by atoms with van der Waals surface area (Å²) in [5, 5.41) is 9.53. The molecular weight excluding hydrogens is 200 g/mol. The Bertz CT molecular complexity index is 368. The summed E-state index contributed by atoms with van der Waals surface area (Å²) in [7, 11) is 0. The van der Waals surface area contributed by atoms with E-state index in [1.807, 2.05) is 45.0 Å². The van der Waals surface area contributed by atoms with Crippen molar-refractivity contribution < 1.29 is 9.84 Å². The third kappa shape index (κ3) is 3.96. The van der Waals surface area contributed by atoms with Crippen molar-refractivity contribution in [3.8, 4) is 17.6 Å². The topological polar surface area (TPSA) is 29.5 Å². The second kappa shape index (κ2) is 6.19. The molecule has 0 saturated carbocycles. The average molecular weight is 218 g/mol. The molecule has 2 nitrogen and oxygen atoms in total. The van der Waals surface area contributed by atoms with Gasteiger partial charge in [-0.05, 0) is 37.1 Å². The maximum atomic E-state index is 9.53. The number of benzene rings is 1. The molecule has 0 bridgehead atoms. The summed E-state index contributed by atoms with van der Waals surface area (Å²) < 4.78 is 5.33. The molecule has 0 amide bonds. The van der Waals surface area contributed by atoms with Crippen molar-refractivity contribution in [2.75, 3.05) is 6.61 Å². The number of ether oxygens (including phenoxy) is 1. The number of aliphatic hydroxyl groups excluding tert-OH is 1. The molecule has 1 unspecified atom stereocenters. The molecule has 1 atom stereocenters. The predicted octanol–water partition coefficient (Wildman–Crippen LogP) is 2.45. The van der Waals surface area contributed by atoms with E-state index in [1.54, 1.807) is 0 Å². The lowest BCUT2D eigenvalue weighted by Gasteiger charge is -2.05. The maximum absolute atomic E-state index is 9.53. The Balaban J connectivity index is 2.68. The van der Waals surface area contributed by atoms with E-state index in [1.165, 1.54) is 0 Å². The molecule has 86 valence electrons. The summed E-state index contributed by atoms with van der Waals surface area (Å²) in [5.74, 6) is 6.76. The minimum absolute atomic E-state index is 0.162. The molecule has 16 heavy (non-hydrogen) atoms. The first-order chi connectivity index (χ1) is 7.63. The van der Waals surface area contributed by atoms with Crippen LogP contribution in [0.25, 0.3) is 0 Å². The second-order valence-corrected chi connectivity index (χ2v) is 3.92. The molecule has 0 aliphatic rings. The Morgan fingerprint density at radius 1 is 1.25 bits per heavy atom. The molecule has 0 heterocycles. The Morgan fingerprint density at radius 2 is 1.88 bits per heavy atom. The Morgan fingerprint density at radius 3 is 2.38 bits per heavy atom. The zero-order chi connectivity index (χ0) is 12.0. The van der Waals surface area contributed by atoms with Gasteiger partial charge in [0.15, 0.2) is 0 Å². The molecule has 0 spiro atoms. The van der Waals surface area contributed by atoms with E-state index in [9.17, 15) is 5.11 Å². The summed E-state index contributed by atoms with van der Waals surface area (Å²) in [6.07, 6.45) is -0.563. The third-order valence-electron chi connectivity index (χ3n) is 2.16. The molecule has 0 aromatic heterocycles. The molecule has 1 rings (SSSR count). The maximum Gasteiger partial charge on any atom is 0.119 e. The van der Waals surface area contributed by atoms with Crippen LogP contribution < -0.4 is 4.74 Å². The number of hydrogen-bond donors (Lipinski definition) is 1.